The van der Waals surface area contributed by atoms with Crippen LogP contribution in [0.1, 0.15) is 39.4 Å². The average molecular weight is 248 g/mol. The van der Waals surface area contributed by atoms with Gasteiger partial charge in [-0.05, 0) is 32.6 Å². The van der Waals surface area contributed by atoms with Crippen molar-refractivity contribution in [1.29, 1.82) is 0 Å². The molecule has 1 aromatic rings. The molecule has 0 radical (unpaired) electrons. The highest BCUT2D eigenvalue weighted by molar-refractivity contribution is 5.50. The van der Waals surface area contributed by atoms with E-state index in [1.54, 1.807) is 0 Å². The lowest BCUT2D eigenvalue weighted by atomic mass is 10.0. The average Bonchev–Trinajstić information content (AvgIpc) is 2.77. The van der Waals surface area contributed by atoms with Crippen LogP contribution >= 0.6 is 0 Å². The Kier molecular flexibility index (Phi) is 4.04. The van der Waals surface area contributed by atoms with Gasteiger partial charge in [-0.1, -0.05) is 13.8 Å². The van der Waals surface area contributed by atoms with Gasteiger partial charge in [-0.2, -0.15) is 0 Å². The standard InChI is InChI=1S/C14H24N4/c1-5-15-13-9-14(17-11(4)16-13)18-8-6-7-12(18)10(2)3/h9-10,12H,5-8H2,1-4H3,(H,15,16,17). The van der Waals surface area contributed by atoms with Crippen LogP contribution in [-0.4, -0.2) is 29.1 Å². The van der Waals surface area contributed by atoms with E-state index in [0.717, 1.165) is 30.5 Å². The molecule has 1 aliphatic heterocycles. The van der Waals surface area contributed by atoms with Gasteiger partial charge in [-0.15, -0.1) is 0 Å². The van der Waals surface area contributed by atoms with Crippen molar-refractivity contribution in [2.45, 2.75) is 46.6 Å². The van der Waals surface area contributed by atoms with Crippen LogP contribution in [0, 0.1) is 12.8 Å². The van der Waals surface area contributed by atoms with Crippen LogP contribution in [0.5, 0.6) is 0 Å². The summed E-state index contributed by atoms with van der Waals surface area (Å²) in [5.74, 6) is 3.53. The molecule has 4 heteroatoms. The zero-order valence-electron chi connectivity index (χ0n) is 11.9. The van der Waals surface area contributed by atoms with E-state index in [1.165, 1.54) is 12.8 Å². The molecule has 0 amide bonds. The van der Waals surface area contributed by atoms with Gasteiger partial charge in [0.25, 0.3) is 0 Å². The Labute approximate surface area is 110 Å². The van der Waals surface area contributed by atoms with E-state index in [2.05, 4.69) is 47.0 Å². The monoisotopic (exact) mass is 248 g/mol. The number of hydrogen-bond acceptors (Lipinski definition) is 4. The van der Waals surface area contributed by atoms with Crippen molar-refractivity contribution in [3.8, 4) is 0 Å². The van der Waals surface area contributed by atoms with Crippen LogP contribution in [-0.2, 0) is 0 Å². The number of anilines is 2. The van der Waals surface area contributed by atoms with Gasteiger partial charge in [-0.25, -0.2) is 9.97 Å². The molecule has 0 bridgehead atoms. The molecular formula is C14H24N4. The summed E-state index contributed by atoms with van der Waals surface area (Å²) in [7, 11) is 0. The fourth-order valence-electron chi connectivity index (χ4n) is 2.74. The molecule has 1 N–H and O–H groups in total. The van der Waals surface area contributed by atoms with Gasteiger partial charge in [0.15, 0.2) is 0 Å². The Morgan fingerprint density at radius 3 is 2.89 bits per heavy atom. The maximum absolute atomic E-state index is 4.61. The van der Waals surface area contributed by atoms with E-state index in [9.17, 15) is 0 Å². The van der Waals surface area contributed by atoms with Gasteiger partial charge in [-0.3, -0.25) is 0 Å². The van der Waals surface area contributed by atoms with E-state index in [4.69, 9.17) is 0 Å². The minimum atomic E-state index is 0.619. The van der Waals surface area contributed by atoms with Crippen molar-refractivity contribution >= 4 is 11.6 Å². The normalized spacial score (nSPS) is 19.6. The summed E-state index contributed by atoms with van der Waals surface area (Å²) < 4.78 is 0. The molecule has 1 fully saturated rings. The summed E-state index contributed by atoms with van der Waals surface area (Å²) in [6.07, 6.45) is 2.54. The molecule has 1 aromatic heterocycles. The van der Waals surface area contributed by atoms with Crippen LogP contribution < -0.4 is 10.2 Å². The Morgan fingerprint density at radius 2 is 2.22 bits per heavy atom. The molecule has 18 heavy (non-hydrogen) atoms. The minimum Gasteiger partial charge on any atom is -0.370 e. The molecule has 2 rings (SSSR count). The van der Waals surface area contributed by atoms with Crippen molar-refractivity contribution in [3.05, 3.63) is 11.9 Å². The van der Waals surface area contributed by atoms with Gasteiger partial charge in [0, 0.05) is 25.2 Å². The molecule has 0 spiro atoms. The smallest absolute Gasteiger partial charge is 0.134 e. The number of nitrogens with one attached hydrogen (secondary N) is 1. The molecule has 2 heterocycles. The molecule has 4 nitrogen and oxygen atoms in total. The van der Waals surface area contributed by atoms with Crippen molar-refractivity contribution in [2.75, 3.05) is 23.3 Å². The van der Waals surface area contributed by atoms with Crippen LogP contribution in [0.4, 0.5) is 11.6 Å². The summed E-state index contributed by atoms with van der Waals surface area (Å²) in [6.45, 7) is 10.6. The van der Waals surface area contributed by atoms with Gasteiger partial charge < -0.3 is 10.2 Å². The van der Waals surface area contributed by atoms with Crippen LogP contribution in [0.15, 0.2) is 6.07 Å². The molecule has 1 unspecified atom stereocenters. The highest BCUT2D eigenvalue weighted by Crippen LogP contribution is 2.29. The fourth-order valence-corrected chi connectivity index (χ4v) is 2.74. The molecule has 0 saturated carbocycles. The summed E-state index contributed by atoms with van der Waals surface area (Å²) >= 11 is 0. The Morgan fingerprint density at radius 1 is 1.44 bits per heavy atom. The Balaban J connectivity index is 2.26. The van der Waals surface area contributed by atoms with Crippen LogP contribution in [0.3, 0.4) is 0 Å². The SMILES string of the molecule is CCNc1cc(N2CCCC2C(C)C)nc(C)n1. The van der Waals surface area contributed by atoms with Gasteiger partial charge >= 0.3 is 0 Å². The highest BCUT2D eigenvalue weighted by Gasteiger charge is 2.28. The van der Waals surface area contributed by atoms with Gasteiger partial charge in [0.1, 0.15) is 17.5 Å². The van der Waals surface area contributed by atoms with E-state index < -0.39 is 0 Å². The topological polar surface area (TPSA) is 41.0 Å². The number of aromatic nitrogens is 2. The van der Waals surface area contributed by atoms with Crippen LogP contribution in [0.2, 0.25) is 0 Å². The highest BCUT2D eigenvalue weighted by atomic mass is 15.2. The Hall–Kier alpha value is -1.32. The third-order valence-corrected chi connectivity index (χ3v) is 3.55. The predicted octanol–water partition coefficient (Wildman–Crippen LogP) is 2.84. The van der Waals surface area contributed by atoms with E-state index in [-0.39, 0.29) is 0 Å². The summed E-state index contributed by atoms with van der Waals surface area (Å²) in [4.78, 5) is 11.5. The predicted molar refractivity (Wildman–Crippen MR) is 76.1 cm³/mol. The van der Waals surface area contributed by atoms with E-state index in [0.29, 0.717) is 12.0 Å². The second-order valence-electron chi connectivity index (χ2n) is 5.34. The minimum absolute atomic E-state index is 0.619. The van der Waals surface area contributed by atoms with Crippen molar-refractivity contribution in [2.24, 2.45) is 5.92 Å². The molecule has 1 aliphatic rings. The van der Waals surface area contributed by atoms with Crippen molar-refractivity contribution in [1.82, 2.24) is 9.97 Å². The number of hydrogen-bond donors (Lipinski definition) is 1. The first-order chi connectivity index (χ1) is 8.61. The zero-order chi connectivity index (χ0) is 13.1. The first kappa shape index (κ1) is 13.1. The first-order valence-electron chi connectivity index (χ1n) is 6.98. The molecular weight excluding hydrogens is 224 g/mol. The largest absolute Gasteiger partial charge is 0.370 e. The quantitative estimate of drug-likeness (QED) is 0.889. The number of aryl methyl sites for hydroxylation is 1. The second-order valence-corrected chi connectivity index (χ2v) is 5.34. The molecule has 0 aromatic carbocycles. The van der Waals surface area contributed by atoms with E-state index >= 15 is 0 Å². The fraction of sp³-hybridized carbons (Fsp3) is 0.714. The molecule has 1 atom stereocenters. The number of nitrogens with zero attached hydrogens (tertiary/aromatic N) is 3. The molecule has 100 valence electrons. The Bertz CT molecular complexity index is 403. The van der Waals surface area contributed by atoms with Crippen molar-refractivity contribution in [3.63, 3.8) is 0 Å². The number of rotatable bonds is 4. The van der Waals surface area contributed by atoms with Gasteiger partial charge in [0.2, 0.25) is 0 Å². The van der Waals surface area contributed by atoms with Crippen LogP contribution in [0.25, 0.3) is 0 Å². The first-order valence-corrected chi connectivity index (χ1v) is 6.98. The van der Waals surface area contributed by atoms with Gasteiger partial charge in [0.05, 0.1) is 0 Å². The third-order valence-electron chi connectivity index (χ3n) is 3.55. The van der Waals surface area contributed by atoms with Crippen molar-refractivity contribution < 1.29 is 0 Å². The summed E-state index contributed by atoms with van der Waals surface area (Å²) in [5.41, 5.74) is 0. The molecule has 0 aliphatic carbocycles. The molecule has 1 saturated heterocycles. The lowest BCUT2D eigenvalue weighted by Gasteiger charge is -2.29. The lowest BCUT2D eigenvalue weighted by molar-refractivity contribution is 0.489. The third kappa shape index (κ3) is 2.74. The maximum atomic E-state index is 4.61. The maximum Gasteiger partial charge on any atom is 0.134 e. The summed E-state index contributed by atoms with van der Waals surface area (Å²) in [6, 6.07) is 2.70. The van der Waals surface area contributed by atoms with E-state index in [1.807, 2.05) is 6.92 Å². The zero-order valence-corrected chi connectivity index (χ0v) is 11.9. The summed E-state index contributed by atoms with van der Waals surface area (Å²) in [5, 5.41) is 3.28. The lowest BCUT2D eigenvalue weighted by Crippen LogP contribution is -2.34. The second kappa shape index (κ2) is 5.55.